The number of nitrogens with two attached hydrogens (primary N) is 1. The Morgan fingerprint density at radius 1 is 1.37 bits per heavy atom. The molecular weight excluding hydrogens is 347 g/mol. The van der Waals surface area contributed by atoms with E-state index >= 15 is 0 Å². The predicted octanol–water partition coefficient (Wildman–Crippen LogP) is 3.19. The van der Waals surface area contributed by atoms with Crippen LogP contribution in [0.15, 0.2) is 24.3 Å². The summed E-state index contributed by atoms with van der Waals surface area (Å²) in [6, 6.07) is 6.60. The summed E-state index contributed by atoms with van der Waals surface area (Å²) in [5.74, 6) is -0.226. The van der Waals surface area contributed by atoms with Gasteiger partial charge in [-0.05, 0) is 48.8 Å². The van der Waals surface area contributed by atoms with Gasteiger partial charge in [-0.1, -0.05) is 26.0 Å². The molecule has 0 saturated carbocycles. The normalized spacial score (nSPS) is 28.1. The molecule has 0 aromatic heterocycles. The molecule has 2 heterocycles. The van der Waals surface area contributed by atoms with Crippen molar-refractivity contribution in [2.45, 2.75) is 57.6 Å². The number of hydrogen-bond donors (Lipinski definition) is 1. The summed E-state index contributed by atoms with van der Waals surface area (Å²) in [7, 11) is 0. The van der Waals surface area contributed by atoms with E-state index in [1.54, 1.807) is 12.1 Å². The van der Waals surface area contributed by atoms with Crippen molar-refractivity contribution < 1.29 is 18.7 Å². The molecule has 1 aromatic rings. The third-order valence-corrected chi connectivity index (χ3v) is 6.05. The lowest BCUT2D eigenvalue weighted by Crippen LogP contribution is -2.55. The Labute approximate surface area is 160 Å². The minimum absolute atomic E-state index is 0.0263. The number of nitrogens with zero attached hydrogens (tertiary/aromatic N) is 1. The van der Waals surface area contributed by atoms with Crippen molar-refractivity contribution in [3.8, 4) is 0 Å². The summed E-state index contributed by atoms with van der Waals surface area (Å²) < 4.78 is 20.0. The maximum atomic E-state index is 13.7. The average Bonchev–Trinajstić information content (AvgIpc) is 3.02. The van der Waals surface area contributed by atoms with Gasteiger partial charge in [-0.2, -0.15) is 0 Å². The van der Waals surface area contributed by atoms with Crippen molar-refractivity contribution in [1.82, 2.24) is 4.90 Å². The second-order valence-electron chi connectivity index (χ2n) is 8.24. The zero-order valence-electron chi connectivity index (χ0n) is 16.1. The van der Waals surface area contributed by atoms with Gasteiger partial charge in [0.25, 0.3) is 0 Å². The van der Waals surface area contributed by atoms with Crippen LogP contribution in [0.5, 0.6) is 0 Å². The van der Waals surface area contributed by atoms with Gasteiger partial charge in [0.15, 0.2) is 0 Å². The minimum Gasteiger partial charge on any atom is -0.371 e. The van der Waals surface area contributed by atoms with Gasteiger partial charge < -0.3 is 15.4 Å². The van der Waals surface area contributed by atoms with E-state index < -0.39 is 5.91 Å². The standard InChI is InChI=1S/C21H29FN2O3/c1-14(2)17-12-21(9-4-10-24(21)19(26)8-7-18(23)25)13-27-20(17)15-5-3-6-16(22)11-15/h3,5-6,11,14,17,20H,4,7-10,12-13H2,1-2H3,(H2,23,25)/t17-,20-,21-/m0/s1. The van der Waals surface area contributed by atoms with Crippen LogP contribution in [0.1, 0.15) is 57.6 Å². The van der Waals surface area contributed by atoms with Gasteiger partial charge in [-0.15, -0.1) is 0 Å². The van der Waals surface area contributed by atoms with Crippen LogP contribution in [0.3, 0.4) is 0 Å². The van der Waals surface area contributed by atoms with Gasteiger partial charge in [0.2, 0.25) is 11.8 Å². The molecule has 2 aliphatic rings. The number of halogens is 1. The van der Waals surface area contributed by atoms with Gasteiger partial charge in [0.1, 0.15) is 5.82 Å². The zero-order valence-corrected chi connectivity index (χ0v) is 16.1. The van der Waals surface area contributed by atoms with Crippen LogP contribution in [0.4, 0.5) is 4.39 Å². The second-order valence-corrected chi connectivity index (χ2v) is 8.24. The van der Waals surface area contributed by atoms with Crippen molar-refractivity contribution in [2.24, 2.45) is 17.6 Å². The number of primary amides is 1. The summed E-state index contributed by atoms with van der Waals surface area (Å²) in [5.41, 5.74) is 5.73. The third kappa shape index (κ3) is 4.15. The van der Waals surface area contributed by atoms with E-state index in [0.717, 1.165) is 24.8 Å². The monoisotopic (exact) mass is 376 g/mol. The number of likely N-dealkylation sites (tertiary alicyclic amines) is 1. The Kier molecular flexibility index (Phi) is 5.84. The molecule has 1 aromatic carbocycles. The van der Waals surface area contributed by atoms with E-state index in [2.05, 4.69) is 13.8 Å². The molecular formula is C21H29FN2O3. The molecule has 2 saturated heterocycles. The SMILES string of the molecule is CC(C)[C@@H]1C[C@@]2(CCCN2C(=O)CCC(N)=O)CO[C@H]1c1cccc(F)c1. The topological polar surface area (TPSA) is 72.6 Å². The van der Waals surface area contributed by atoms with Crippen molar-refractivity contribution in [2.75, 3.05) is 13.2 Å². The highest BCUT2D eigenvalue weighted by Gasteiger charge is 2.50. The smallest absolute Gasteiger partial charge is 0.223 e. The number of rotatable bonds is 5. The number of benzene rings is 1. The van der Waals surface area contributed by atoms with Gasteiger partial charge in [0.05, 0.1) is 18.2 Å². The first-order chi connectivity index (χ1) is 12.8. The maximum Gasteiger partial charge on any atom is 0.223 e. The summed E-state index contributed by atoms with van der Waals surface area (Å²) in [6.07, 6.45) is 2.71. The molecule has 27 heavy (non-hydrogen) atoms. The van der Waals surface area contributed by atoms with Crippen LogP contribution in [0.2, 0.25) is 0 Å². The van der Waals surface area contributed by atoms with Crippen molar-refractivity contribution in [1.29, 1.82) is 0 Å². The molecule has 6 heteroatoms. The molecule has 0 unspecified atom stereocenters. The lowest BCUT2D eigenvalue weighted by Gasteiger charge is -2.48. The molecule has 2 N–H and O–H groups in total. The Balaban J connectivity index is 1.80. The van der Waals surface area contributed by atoms with Crippen LogP contribution in [-0.4, -0.2) is 35.4 Å². The maximum absolute atomic E-state index is 13.7. The first-order valence-electron chi connectivity index (χ1n) is 9.78. The summed E-state index contributed by atoms with van der Waals surface area (Å²) >= 11 is 0. The highest BCUT2D eigenvalue weighted by atomic mass is 19.1. The van der Waals surface area contributed by atoms with Gasteiger partial charge in [0, 0.05) is 19.4 Å². The number of ether oxygens (including phenoxy) is 1. The lowest BCUT2D eigenvalue weighted by molar-refractivity contribution is -0.153. The van der Waals surface area contributed by atoms with E-state index in [1.165, 1.54) is 6.07 Å². The van der Waals surface area contributed by atoms with E-state index in [0.29, 0.717) is 19.1 Å². The van der Waals surface area contributed by atoms with Gasteiger partial charge in [-0.3, -0.25) is 9.59 Å². The predicted molar refractivity (Wildman–Crippen MR) is 100 cm³/mol. The molecule has 2 amide bonds. The molecule has 5 nitrogen and oxygen atoms in total. The van der Waals surface area contributed by atoms with Crippen molar-refractivity contribution >= 4 is 11.8 Å². The molecule has 3 rings (SSSR count). The van der Waals surface area contributed by atoms with E-state index in [-0.39, 0.29) is 42.1 Å². The van der Waals surface area contributed by atoms with E-state index in [9.17, 15) is 14.0 Å². The molecule has 2 fully saturated rings. The number of carbonyl (C=O) groups excluding carboxylic acids is 2. The summed E-state index contributed by atoms with van der Waals surface area (Å²) in [5, 5.41) is 0. The van der Waals surface area contributed by atoms with Crippen LogP contribution < -0.4 is 5.73 Å². The van der Waals surface area contributed by atoms with Crippen LogP contribution in [0, 0.1) is 17.7 Å². The Morgan fingerprint density at radius 2 is 2.15 bits per heavy atom. The number of amides is 2. The Morgan fingerprint density at radius 3 is 2.81 bits per heavy atom. The number of carbonyl (C=O) groups is 2. The van der Waals surface area contributed by atoms with Crippen molar-refractivity contribution in [3.05, 3.63) is 35.6 Å². The largest absolute Gasteiger partial charge is 0.371 e. The lowest BCUT2D eigenvalue weighted by atomic mass is 9.73. The van der Waals surface area contributed by atoms with Gasteiger partial charge in [-0.25, -0.2) is 4.39 Å². The van der Waals surface area contributed by atoms with Crippen LogP contribution in [0.25, 0.3) is 0 Å². The third-order valence-electron chi connectivity index (χ3n) is 6.05. The first kappa shape index (κ1) is 19.8. The Bertz CT molecular complexity index is 708. The van der Waals surface area contributed by atoms with Crippen LogP contribution in [-0.2, 0) is 14.3 Å². The average molecular weight is 376 g/mol. The molecule has 0 radical (unpaired) electrons. The summed E-state index contributed by atoms with van der Waals surface area (Å²) in [6.45, 7) is 5.43. The molecule has 0 aliphatic carbocycles. The van der Waals surface area contributed by atoms with Gasteiger partial charge >= 0.3 is 0 Å². The molecule has 2 aliphatic heterocycles. The quantitative estimate of drug-likeness (QED) is 0.858. The van der Waals surface area contributed by atoms with E-state index in [4.69, 9.17) is 10.5 Å². The van der Waals surface area contributed by atoms with E-state index in [1.807, 2.05) is 11.0 Å². The number of hydrogen-bond acceptors (Lipinski definition) is 3. The first-order valence-corrected chi connectivity index (χ1v) is 9.78. The summed E-state index contributed by atoms with van der Waals surface area (Å²) in [4.78, 5) is 25.7. The molecule has 3 atom stereocenters. The molecule has 1 spiro atoms. The van der Waals surface area contributed by atoms with Crippen LogP contribution >= 0.6 is 0 Å². The molecule has 0 bridgehead atoms. The second kappa shape index (κ2) is 7.97. The fourth-order valence-corrected chi connectivity index (χ4v) is 4.64. The van der Waals surface area contributed by atoms with Crippen molar-refractivity contribution in [3.63, 3.8) is 0 Å². The Hall–Kier alpha value is -1.95. The fraction of sp³-hybridized carbons (Fsp3) is 0.619. The minimum atomic E-state index is -0.456. The fourth-order valence-electron chi connectivity index (χ4n) is 4.64. The highest BCUT2D eigenvalue weighted by Crippen LogP contribution is 2.47. The zero-order chi connectivity index (χ0) is 19.6. The molecule has 148 valence electrons. The highest BCUT2D eigenvalue weighted by molar-refractivity contribution is 5.83.